The van der Waals surface area contributed by atoms with Crippen LogP contribution < -0.4 is 4.90 Å². The van der Waals surface area contributed by atoms with E-state index in [1.54, 1.807) is 18.3 Å². The summed E-state index contributed by atoms with van der Waals surface area (Å²) in [5.41, 5.74) is 4.04. The minimum Gasteiger partial charge on any atom is -0.358 e. The van der Waals surface area contributed by atoms with Gasteiger partial charge < -0.3 is 4.90 Å². The normalized spacial score (nSPS) is 14.4. The maximum Gasteiger partial charge on any atom is 0.292 e. The van der Waals surface area contributed by atoms with Crippen LogP contribution in [0.15, 0.2) is 36.5 Å². The molecule has 0 saturated heterocycles. The van der Waals surface area contributed by atoms with E-state index in [0.717, 1.165) is 16.8 Å². The number of rotatable bonds is 3. The van der Waals surface area contributed by atoms with E-state index in [9.17, 15) is 10.1 Å². The lowest BCUT2D eigenvalue weighted by atomic mass is 10.1. The van der Waals surface area contributed by atoms with Gasteiger partial charge >= 0.3 is 0 Å². The van der Waals surface area contributed by atoms with E-state index < -0.39 is 0 Å². The Kier molecular flexibility index (Phi) is 3.21. The van der Waals surface area contributed by atoms with E-state index in [1.165, 1.54) is 0 Å². The molecule has 0 unspecified atom stereocenters. The van der Waals surface area contributed by atoms with Crippen molar-refractivity contribution < 1.29 is 4.92 Å². The average molecular weight is 284 g/mol. The molecular formula is C15H16N4O2. The SMILES string of the molecule is Cc1ccc([N+](=O)[O-])c(N2CC=C(c3ccnn3C)C2)c1. The fourth-order valence-corrected chi connectivity index (χ4v) is 2.65. The van der Waals surface area contributed by atoms with Gasteiger partial charge in [0.15, 0.2) is 0 Å². The van der Waals surface area contributed by atoms with Crippen molar-refractivity contribution in [3.05, 3.63) is 57.9 Å². The van der Waals surface area contributed by atoms with Gasteiger partial charge in [0.05, 0.1) is 10.6 Å². The Morgan fingerprint density at radius 1 is 1.33 bits per heavy atom. The number of aryl methyl sites for hydroxylation is 2. The molecule has 0 radical (unpaired) electrons. The molecule has 2 aromatic rings. The average Bonchev–Trinajstić information content (AvgIpc) is 3.06. The third-order valence-corrected chi connectivity index (χ3v) is 3.74. The first-order valence-electron chi connectivity index (χ1n) is 6.73. The van der Waals surface area contributed by atoms with E-state index in [0.29, 0.717) is 18.8 Å². The van der Waals surface area contributed by atoms with Crippen LogP contribution in [0.2, 0.25) is 0 Å². The van der Waals surface area contributed by atoms with Crippen LogP contribution in [0, 0.1) is 17.0 Å². The topological polar surface area (TPSA) is 64.2 Å². The summed E-state index contributed by atoms with van der Waals surface area (Å²) in [7, 11) is 1.90. The third-order valence-electron chi connectivity index (χ3n) is 3.74. The highest BCUT2D eigenvalue weighted by Crippen LogP contribution is 2.33. The number of nitrogens with zero attached hydrogens (tertiary/aromatic N) is 4. The van der Waals surface area contributed by atoms with Gasteiger partial charge in [0.1, 0.15) is 5.69 Å². The van der Waals surface area contributed by atoms with Crippen LogP contribution in [0.25, 0.3) is 5.57 Å². The van der Waals surface area contributed by atoms with E-state index in [1.807, 2.05) is 35.7 Å². The molecule has 0 atom stereocenters. The number of hydrogen-bond acceptors (Lipinski definition) is 4. The van der Waals surface area contributed by atoms with Gasteiger partial charge in [-0.2, -0.15) is 5.10 Å². The molecule has 1 aliphatic heterocycles. The molecule has 2 heterocycles. The third kappa shape index (κ3) is 2.40. The van der Waals surface area contributed by atoms with Crippen LogP contribution in [0.4, 0.5) is 11.4 Å². The smallest absolute Gasteiger partial charge is 0.292 e. The van der Waals surface area contributed by atoms with Gasteiger partial charge in [-0.05, 0) is 30.2 Å². The number of benzene rings is 1. The summed E-state index contributed by atoms with van der Waals surface area (Å²) in [6.45, 7) is 3.27. The van der Waals surface area contributed by atoms with Crippen LogP contribution in [0.1, 0.15) is 11.3 Å². The zero-order valence-corrected chi connectivity index (χ0v) is 12.0. The summed E-state index contributed by atoms with van der Waals surface area (Å²) in [5, 5.41) is 15.4. The molecule has 0 bridgehead atoms. The van der Waals surface area contributed by atoms with Crippen molar-refractivity contribution in [1.29, 1.82) is 0 Å². The van der Waals surface area contributed by atoms with Crippen molar-refractivity contribution in [2.45, 2.75) is 6.92 Å². The Bertz CT molecular complexity index is 733. The Balaban J connectivity index is 1.90. The Hall–Kier alpha value is -2.63. The summed E-state index contributed by atoms with van der Waals surface area (Å²) in [5.74, 6) is 0. The van der Waals surface area contributed by atoms with Crippen molar-refractivity contribution in [2.75, 3.05) is 18.0 Å². The molecule has 0 saturated carbocycles. The Labute approximate surface area is 122 Å². The summed E-state index contributed by atoms with van der Waals surface area (Å²) in [4.78, 5) is 12.9. The lowest BCUT2D eigenvalue weighted by molar-refractivity contribution is -0.384. The number of nitro groups is 1. The van der Waals surface area contributed by atoms with E-state index >= 15 is 0 Å². The lowest BCUT2D eigenvalue weighted by Gasteiger charge is -2.19. The highest BCUT2D eigenvalue weighted by Gasteiger charge is 2.24. The summed E-state index contributed by atoms with van der Waals surface area (Å²) < 4.78 is 1.82. The van der Waals surface area contributed by atoms with Crippen molar-refractivity contribution in [3.8, 4) is 0 Å². The fourth-order valence-electron chi connectivity index (χ4n) is 2.65. The molecule has 6 heteroatoms. The first kappa shape index (κ1) is 13.4. The quantitative estimate of drug-likeness (QED) is 0.642. The van der Waals surface area contributed by atoms with Gasteiger partial charge in [-0.15, -0.1) is 0 Å². The second-order valence-electron chi connectivity index (χ2n) is 5.20. The molecule has 0 aliphatic carbocycles. The molecule has 6 nitrogen and oxygen atoms in total. The van der Waals surface area contributed by atoms with Gasteiger partial charge in [0, 0.05) is 32.4 Å². The molecule has 1 aromatic heterocycles. The highest BCUT2D eigenvalue weighted by molar-refractivity contribution is 5.76. The van der Waals surface area contributed by atoms with Crippen LogP contribution in [0.5, 0.6) is 0 Å². The standard InChI is InChI=1S/C15H16N4O2/c1-11-3-4-14(19(20)21)15(9-11)18-8-6-12(10-18)13-5-7-16-17(13)2/h3-7,9H,8,10H2,1-2H3. The minimum absolute atomic E-state index is 0.153. The summed E-state index contributed by atoms with van der Waals surface area (Å²) in [6, 6.07) is 7.18. The molecule has 108 valence electrons. The first-order chi connectivity index (χ1) is 10.1. The summed E-state index contributed by atoms with van der Waals surface area (Å²) in [6.07, 6.45) is 3.86. The molecule has 3 rings (SSSR count). The second kappa shape index (κ2) is 5.05. The van der Waals surface area contributed by atoms with Crippen LogP contribution in [0.3, 0.4) is 0 Å². The lowest BCUT2D eigenvalue weighted by Crippen LogP contribution is -2.21. The molecule has 21 heavy (non-hydrogen) atoms. The van der Waals surface area contributed by atoms with Crippen LogP contribution in [-0.2, 0) is 7.05 Å². The number of anilines is 1. The molecule has 0 N–H and O–H groups in total. The molecule has 1 aliphatic rings. The van der Waals surface area contributed by atoms with E-state index in [2.05, 4.69) is 11.2 Å². The van der Waals surface area contributed by atoms with Gasteiger partial charge in [-0.25, -0.2) is 0 Å². The largest absolute Gasteiger partial charge is 0.358 e. The predicted octanol–water partition coefficient (Wildman–Crippen LogP) is 2.54. The minimum atomic E-state index is -0.323. The first-order valence-corrected chi connectivity index (χ1v) is 6.73. The molecule has 0 spiro atoms. The van der Waals surface area contributed by atoms with Gasteiger partial charge in [0.2, 0.25) is 0 Å². The Morgan fingerprint density at radius 3 is 2.81 bits per heavy atom. The van der Waals surface area contributed by atoms with Crippen molar-refractivity contribution in [3.63, 3.8) is 0 Å². The maximum atomic E-state index is 11.2. The van der Waals surface area contributed by atoms with Gasteiger partial charge in [-0.3, -0.25) is 14.8 Å². The van der Waals surface area contributed by atoms with Crippen molar-refractivity contribution >= 4 is 16.9 Å². The monoisotopic (exact) mass is 284 g/mol. The van der Waals surface area contributed by atoms with Crippen molar-refractivity contribution in [1.82, 2.24) is 9.78 Å². The number of nitro benzene ring substituents is 1. The molecule has 0 fully saturated rings. The van der Waals surface area contributed by atoms with E-state index in [4.69, 9.17) is 0 Å². The number of aromatic nitrogens is 2. The van der Waals surface area contributed by atoms with Gasteiger partial charge in [0.25, 0.3) is 5.69 Å². The summed E-state index contributed by atoms with van der Waals surface area (Å²) >= 11 is 0. The highest BCUT2D eigenvalue weighted by atomic mass is 16.6. The molecule has 0 amide bonds. The van der Waals surface area contributed by atoms with Crippen molar-refractivity contribution in [2.24, 2.45) is 7.05 Å². The number of hydrogen-bond donors (Lipinski definition) is 0. The molecular weight excluding hydrogens is 268 g/mol. The zero-order valence-electron chi connectivity index (χ0n) is 12.0. The van der Waals surface area contributed by atoms with E-state index in [-0.39, 0.29) is 10.6 Å². The second-order valence-corrected chi connectivity index (χ2v) is 5.20. The van der Waals surface area contributed by atoms with Crippen LogP contribution in [-0.4, -0.2) is 27.8 Å². The van der Waals surface area contributed by atoms with Gasteiger partial charge in [-0.1, -0.05) is 12.1 Å². The predicted molar refractivity (Wildman–Crippen MR) is 81.2 cm³/mol. The van der Waals surface area contributed by atoms with Crippen LogP contribution >= 0.6 is 0 Å². The molecule has 1 aromatic carbocycles. The zero-order chi connectivity index (χ0) is 15.0. The Morgan fingerprint density at radius 2 is 2.14 bits per heavy atom. The fraction of sp³-hybridized carbons (Fsp3) is 0.267. The maximum absolute atomic E-state index is 11.2.